The van der Waals surface area contributed by atoms with Crippen molar-refractivity contribution in [2.45, 2.75) is 38.2 Å². The molecule has 1 unspecified atom stereocenters. The van der Waals surface area contributed by atoms with Crippen LogP contribution in [0.25, 0.3) is 0 Å². The number of nitrogens with two attached hydrogens (primary N) is 1. The van der Waals surface area contributed by atoms with Gasteiger partial charge in [-0.05, 0) is 48.7 Å². The van der Waals surface area contributed by atoms with Crippen LogP contribution >= 0.6 is 23.2 Å². The van der Waals surface area contributed by atoms with Crippen LogP contribution in [0.5, 0.6) is 5.75 Å². The minimum atomic E-state index is -0.736. The second-order valence-electron chi connectivity index (χ2n) is 7.03. The van der Waals surface area contributed by atoms with Gasteiger partial charge in [-0.25, -0.2) is 0 Å². The van der Waals surface area contributed by atoms with E-state index in [4.69, 9.17) is 33.7 Å². The van der Waals surface area contributed by atoms with Gasteiger partial charge in [0.25, 0.3) is 0 Å². The first kappa shape index (κ1) is 24.3. The van der Waals surface area contributed by atoms with E-state index in [2.05, 4.69) is 5.32 Å². The number of para-hydroxylation sites is 1. The maximum Gasteiger partial charge on any atom is 0.305 e. The number of esters is 1. The summed E-state index contributed by atoms with van der Waals surface area (Å²) in [5.74, 6) is -0.0142. The Labute approximate surface area is 186 Å². The highest BCUT2D eigenvalue weighted by molar-refractivity contribution is 6.38. The second kappa shape index (κ2) is 12.6. The molecule has 5 N–H and O–H groups in total. The normalized spacial score (nSPS) is 12.0. The molecule has 0 amide bonds. The fourth-order valence-corrected chi connectivity index (χ4v) is 3.42. The number of benzene rings is 2. The summed E-state index contributed by atoms with van der Waals surface area (Å²) < 4.78 is 5.21. The Balaban J connectivity index is 1.52. The highest BCUT2D eigenvalue weighted by atomic mass is 35.5. The molecule has 164 valence electrons. The number of nitrogen functional groups attached to an aromatic ring is 1. The van der Waals surface area contributed by atoms with Crippen molar-refractivity contribution in [3.8, 4) is 5.75 Å². The molecular formula is C22H28Cl2N2O4. The molecule has 0 heterocycles. The maximum atomic E-state index is 11.8. The predicted octanol–water partition coefficient (Wildman–Crippen LogP) is 4.25. The van der Waals surface area contributed by atoms with E-state index in [1.807, 2.05) is 12.1 Å². The fraction of sp³-hybridized carbons (Fsp3) is 0.409. The van der Waals surface area contributed by atoms with Gasteiger partial charge >= 0.3 is 5.97 Å². The monoisotopic (exact) mass is 454 g/mol. The molecule has 2 rings (SSSR count). The van der Waals surface area contributed by atoms with Crippen molar-refractivity contribution >= 4 is 34.9 Å². The number of hydrogen-bond acceptors (Lipinski definition) is 6. The van der Waals surface area contributed by atoms with E-state index in [9.17, 15) is 15.0 Å². The molecule has 0 aliphatic heterocycles. The Morgan fingerprint density at radius 2 is 1.83 bits per heavy atom. The van der Waals surface area contributed by atoms with Gasteiger partial charge in [0.2, 0.25) is 0 Å². The van der Waals surface area contributed by atoms with Gasteiger partial charge in [-0.15, -0.1) is 0 Å². The number of nitrogens with one attached hydrogen (secondary N) is 1. The van der Waals surface area contributed by atoms with Crippen molar-refractivity contribution in [3.63, 3.8) is 0 Å². The van der Waals surface area contributed by atoms with Gasteiger partial charge in [0.15, 0.2) is 0 Å². The summed E-state index contributed by atoms with van der Waals surface area (Å²) in [6, 6.07) is 10.2. The summed E-state index contributed by atoms with van der Waals surface area (Å²) in [5, 5.41) is 23.7. The summed E-state index contributed by atoms with van der Waals surface area (Å²) in [5.41, 5.74) is 7.38. The van der Waals surface area contributed by atoms with Crippen LogP contribution in [-0.4, -0.2) is 35.9 Å². The van der Waals surface area contributed by atoms with Crippen molar-refractivity contribution in [2.24, 2.45) is 0 Å². The summed E-state index contributed by atoms with van der Waals surface area (Å²) in [6.45, 7) is 1.34. The quantitative estimate of drug-likeness (QED) is 0.217. The van der Waals surface area contributed by atoms with Crippen LogP contribution in [0.1, 0.15) is 42.9 Å². The molecule has 0 aliphatic carbocycles. The molecule has 0 saturated heterocycles. The molecule has 0 spiro atoms. The van der Waals surface area contributed by atoms with E-state index < -0.39 is 6.10 Å². The van der Waals surface area contributed by atoms with Crippen LogP contribution in [0.15, 0.2) is 36.4 Å². The smallest absolute Gasteiger partial charge is 0.305 e. The third kappa shape index (κ3) is 8.03. The van der Waals surface area contributed by atoms with Gasteiger partial charge in [0.05, 0.1) is 28.4 Å². The molecule has 0 saturated carbocycles. The summed E-state index contributed by atoms with van der Waals surface area (Å²) in [6.07, 6.45) is 2.61. The maximum absolute atomic E-state index is 11.8. The summed E-state index contributed by atoms with van der Waals surface area (Å²) >= 11 is 12.0. The van der Waals surface area contributed by atoms with Crippen LogP contribution in [0.4, 0.5) is 5.69 Å². The molecule has 2 aromatic rings. The number of halogens is 2. The van der Waals surface area contributed by atoms with E-state index in [0.717, 1.165) is 31.4 Å². The number of hydrogen-bond donors (Lipinski definition) is 4. The Kier molecular flexibility index (Phi) is 10.2. The lowest BCUT2D eigenvalue weighted by Crippen LogP contribution is -2.22. The number of aliphatic hydroxyl groups is 1. The average Bonchev–Trinajstić information content (AvgIpc) is 2.72. The van der Waals surface area contributed by atoms with Gasteiger partial charge in [0.1, 0.15) is 5.75 Å². The minimum Gasteiger partial charge on any atom is -0.508 e. The number of unbranched alkanes of at least 4 members (excludes halogenated alkanes) is 2. The number of phenolic OH excluding ortho intramolecular Hbond substituents is 1. The number of anilines is 1. The van der Waals surface area contributed by atoms with Crippen LogP contribution in [-0.2, 0) is 16.0 Å². The largest absolute Gasteiger partial charge is 0.508 e. The first-order valence-electron chi connectivity index (χ1n) is 9.94. The van der Waals surface area contributed by atoms with E-state index in [1.165, 1.54) is 0 Å². The standard InChI is InChI=1S/C22H28Cl2N2O4/c23-17-12-16(13-18(24)22(17)25)20(28)14-26-10-5-1-2-8-21(29)30-11-9-15-6-3-4-7-19(15)27/h3-4,6-7,12-13,20,26-28H,1-2,5,8-11,14,25H2. The molecule has 2 aromatic carbocycles. The molecule has 6 nitrogen and oxygen atoms in total. The number of ether oxygens (including phenoxy) is 1. The predicted molar refractivity (Wildman–Crippen MR) is 120 cm³/mol. The topological polar surface area (TPSA) is 105 Å². The van der Waals surface area contributed by atoms with Gasteiger partial charge in [0, 0.05) is 19.4 Å². The van der Waals surface area contributed by atoms with Crippen LogP contribution in [0, 0.1) is 0 Å². The zero-order chi connectivity index (χ0) is 21.9. The van der Waals surface area contributed by atoms with Crippen molar-refractivity contribution in [1.82, 2.24) is 5.32 Å². The fourth-order valence-electron chi connectivity index (χ4n) is 2.92. The highest BCUT2D eigenvalue weighted by Crippen LogP contribution is 2.31. The lowest BCUT2D eigenvalue weighted by Gasteiger charge is -2.14. The SMILES string of the molecule is Nc1c(Cl)cc(C(O)CNCCCCCC(=O)OCCc2ccccc2O)cc1Cl. The Bertz CT molecular complexity index is 810. The average molecular weight is 455 g/mol. The molecular weight excluding hydrogens is 427 g/mol. The number of phenols is 1. The summed E-state index contributed by atoms with van der Waals surface area (Å²) in [7, 11) is 0. The molecule has 0 aromatic heterocycles. The molecule has 1 atom stereocenters. The van der Waals surface area contributed by atoms with E-state index in [0.29, 0.717) is 40.7 Å². The van der Waals surface area contributed by atoms with Crippen molar-refractivity contribution in [2.75, 3.05) is 25.4 Å². The lowest BCUT2D eigenvalue weighted by molar-refractivity contribution is -0.143. The van der Waals surface area contributed by atoms with Crippen LogP contribution in [0.3, 0.4) is 0 Å². The zero-order valence-corrected chi connectivity index (χ0v) is 18.3. The van der Waals surface area contributed by atoms with Gasteiger partial charge in [-0.2, -0.15) is 0 Å². The van der Waals surface area contributed by atoms with Crippen LogP contribution < -0.4 is 11.1 Å². The van der Waals surface area contributed by atoms with Gasteiger partial charge in [-0.3, -0.25) is 4.79 Å². The second-order valence-corrected chi connectivity index (χ2v) is 7.84. The molecule has 8 heteroatoms. The van der Waals surface area contributed by atoms with E-state index >= 15 is 0 Å². The Hall–Kier alpha value is -1.99. The molecule has 30 heavy (non-hydrogen) atoms. The molecule has 0 aliphatic rings. The zero-order valence-electron chi connectivity index (χ0n) is 16.7. The lowest BCUT2D eigenvalue weighted by atomic mass is 10.1. The van der Waals surface area contributed by atoms with E-state index in [1.54, 1.807) is 24.3 Å². The third-order valence-electron chi connectivity index (χ3n) is 4.68. The number of carbonyl (C=O) groups is 1. The van der Waals surface area contributed by atoms with Gasteiger partial charge in [-0.1, -0.05) is 47.8 Å². The molecule has 0 bridgehead atoms. The van der Waals surface area contributed by atoms with Gasteiger partial charge < -0.3 is 26.0 Å². The number of aromatic hydroxyl groups is 1. The van der Waals surface area contributed by atoms with Crippen LogP contribution in [0.2, 0.25) is 10.0 Å². The minimum absolute atomic E-state index is 0.216. The number of carbonyl (C=O) groups excluding carboxylic acids is 1. The highest BCUT2D eigenvalue weighted by Gasteiger charge is 2.12. The van der Waals surface area contributed by atoms with Crippen molar-refractivity contribution in [3.05, 3.63) is 57.6 Å². The first-order chi connectivity index (χ1) is 14.4. The summed E-state index contributed by atoms with van der Waals surface area (Å²) in [4.78, 5) is 11.8. The number of rotatable bonds is 12. The third-order valence-corrected chi connectivity index (χ3v) is 5.31. The Morgan fingerprint density at radius 1 is 1.13 bits per heavy atom. The molecule has 0 radical (unpaired) electrons. The van der Waals surface area contributed by atoms with Crippen molar-refractivity contribution in [1.29, 1.82) is 0 Å². The van der Waals surface area contributed by atoms with Crippen molar-refractivity contribution < 1.29 is 19.7 Å². The Morgan fingerprint density at radius 3 is 2.53 bits per heavy atom. The first-order valence-corrected chi connectivity index (χ1v) is 10.7. The molecule has 0 fully saturated rings. The van der Waals surface area contributed by atoms with E-state index in [-0.39, 0.29) is 18.3 Å². The number of aliphatic hydroxyl groups excluding tert-OH is 1.